The van der Waals surface area contributed by atoms with Gasteiger partial charge in [-0.3, -0.25) is 19.2 Å². The number of hydrogen-bond acceptors (Lipinski definition) is 7. The fourth-order valence-electron chi connectivity index (χ4n) is 4.22. The van der Waals surface area contributed by atoms with Crippen molar-refractivity contribution in [3.05, 3.63) is 28.0 Å². The van der Waals surface area contributed by atoms with Gasteiger partial charge < -0.3 is 4.90 Å². The van der Waals surface area contributed by atoms with Gasteiger partial charge in [0.05, 0.1) is 35.4 Å². The molecule has 2 aliphatic heterocycles. The smallest absolute Gasteiger partial charge is 0.228 e. The Kier molecular flexibility index (Phi) is 5.91. The van der Waals surface area contributed by atoms with E-state index in [0.29, 0.717) is 36.8 Å². The first-order chi connectivity index (χ1) is 14.6. The summed E-state index contributed by atoms with van der Waals surface area (Å²) in [4.78, 5) is 32.5. The molecule has 0 bridgehead atoms. The largest absolute Gasteiger partial charge is 0.341 e. The third-order valence-corrected chi connectivity index (χ3v) is 8.69. The zero-order valence-corrected chi connectivity index (χ0v) is 19.6. The quantitative estimate of drug-likeness (QED) is 0.642. The second-order valence-electron chi connectivity index (χ2n) is 8.35. The van der Waals surface area contributed by atoms with Gasteiger partial charge in [0.2, 0.25) is 11.8 Å². The Balaban J connectivity index is 1.41. The molecule has 11 heteroatoms. The zero-order chi connectivity index (χ0) is 22.3. The van der Waals surface area contributed by atoms with Crippen molar-refractivity contribution in [2.24, 2.45) is 0 Å². The third kappa shape index (κ3) is 4.52. The summed E-state index contributed by atoms with van der Waals surface area (Å²) >= 11 is 1.39. The SMILES string of the molecule is Cc1nn([C@@H]2CCS(=O)(=O)C2)c(C)c1CN(C)C(=O)Cc1csc(N2CCCC2=O)n1. The molecule has 4 rings (SSSR count). The minimum absolute atomic E-state index is 0.0698. The summed E-state index contributed by atoms with van der Waals surface area (Å²) in [5.74, 6) is 0.332. The van der Waals surface area contributed by atoms with Gasteiger partial charge in [0.1, 0.15) is 0 Å². The Morgan fingerprint density at radius 3 is 2.77 bits per heavy atom. The first kappa shape index (κ1) is 21.9. The van der Waals surface area contributed by atoms with E-state index in [1.807, 2.05) is 23.9 Å². The number of sulfone groups is 1. The van der Waals surface area contributed by atoms with Crippen LogP contribution in [0.3, 0.4) is 0 Å². The van der Waals surface area contributed by atoms with Crippen LogP contribution in [0.15, 0.2) is 5.38 Å². The van der Waals surface area contributed by atoms with E-state index in [1.165, 1.54) is 11.3 Å². The Labute approximate surface area is 186 Å². The van der Waals surface area contributed by atoms with Gasteiger partial charge in [-0.05, 0) is 26.7 Å². The molecule has 31 heavy (non-hydrogen) atoms. The van der Waals surface area contributed by atoms with Crippen molar-refractivity contribution < 1.29 is 18.0 Å². The van der Waals surface area contributed by atoms with Crippen molar-refractivity contribution in [1.82, 2.24) is 19.7 Å². The van der Waals surface area contributed by atoms with Crippen LogP contribution in [0.1, 0.15) is 47.9 Å². The molecule has 2 amide bonds. The molecule has 0 N–H and O–H groups in total. The van der Waals surface area contributed by atoms with Crippen molar-refractivity contribution in [1.29, 1.82) is 0 Å². The van der Waals surface area contributed by atoms with Crippen molar-refractivity contribution >= 4 is 38.1 Å². The predicted octanol–water partition coefficient (Wildman–Crippen LogP) is 1.64. The molecule has 0 radical (unpaired) electrons. The lowest BCUT2D eigenvalue weighted by Gasteiger charge is -2.18. The summed E-state index contributed by atoms with van der Waals surface area (Å²) in [5, 5.41) is 7.07. The van der Waals surface area contributed by atoms with E-state index >= 15 is 0 Å². The highest BCUT2D eigenvalue weighted by atomic mass is 32.2. The molecule has 4 heterocycles. The number of nitrogens with zero attached hydrogens (tertiary/aromatic N) is 5. The van der Waals surface area contributed by atoms with E-state index in [2.05, 4.69) is 10.1 Å². The van der Waals surface area contributed by atoms with Crippen LogP contribution >= 0.6 is 11.3 Å². The van der Waals surface area contributed by atoms with E-state index in [9.17, 15) is 18.0 Å². The molecule has 2 aliphatic rings. The molecule has 0 aromatic carbocycles. The normalized spacial score (nSPS) is 20.5. The van der Waals surface area contributed by atoms with E-state index in [0.717, 1.165) is 23.4 Å². The van der Waals surface area contributed by atoms with Crippen LogP contribution in [0.2, 0.25) is 0 Å². The molecule has 0 spiro atoms. The van der Waals surface area contributed by atoms with E-state index in [4.69, 9.17) is 0 Å². The van der Waals surface area contributed by atoms with Crippen molar-refractivity contribution in [2.75, 3.05) is 30.0 Å². The van der Waals surface area contributed by atoms with Crippen LogP contribution < -0.4 is 4.90 Å². The van der Waals surface area contributed by atoms with Crippen molar-refractivity contribution in [2.45, 2.75) is 52.1 Å². The van der Waals surface area contributed by atoms with Crippen LogP contribution in [0.5, 0.6) is 0 Å². The van der Waals surface area contributed by atoms with Gasteiger partial charge in [-0.2, -0.15) is 5.10 Å². The van der Waals surface area contributed by atoms with Crippen LogP contribution in [0, 0.1) is 13.8 Å². The lowest BCUT2D eigenvalue weighted by atomic mass is 10.1. The van der Waals surface area contributed by atoms with Gasteiger partial charge in [0, 0.05) is 43.2 Å². The zero-order valence-electron chi connectivity index (χ0n) is 18.0. The Morgan fingerprint density at radius 1 is 1.35 bits per heavy atom. The van der Waals surface area contributed by atoms with Crippen LogP contribution in [0.25, 0.3) is 0 Å². The molecular weight excluding hydrogens is 438 g/mol. The van der Waals surface area contributed by atoms with E-state index in [1.54, 1.807) is 16.8 Å². The summed E-state index contributed by atoms with van der Waals surface area (Å²) in [6.07, 6.45) is 2.14. The Morgan fingerprint density at radius 2 is 2.13 bits per heavy atom. The molecular formula is C20H27N5O4S2. The minimum atomic E-state index is -3.00. The highest BCUT2D eigenvalue weighted by Crippen LogP contribution is 2.28. The topological polar surface area (TPSA) is 105 Å². The second-order valence-corrected chi connectivity index (χ2v) is 11.4. The lowest BCUT2D eigenvalue weighted by Crippen LogP contribution is -2.28. The summed E-state index contributed by atoms with van der Waals surface area (Å²) in [6.45, 7) is 4.90. The number of aryl methyl sites for hydroxylation is 1. The third-order valence-electron chi connectivity index (χ3n) is 6.03. The average Bonchev–Trinajstić information content (AvgIpc) is 3.46. The number of thiazole rings is 1. The maximum atomic E-state index is 12.8. The number of carbonyl (C=O) groups is 2. The average molecular weight is 466 g/mol. The van der Waals surface area contributed by atoms with Gasteiger partial charge in [-0.1, -0.05) is 0 Å². The number of likely N-dealkylation sites (N-methyl/N-ethyl adjacent to an activating group) is 1. The first-order valence-corrected chi connectivity index (χ1v) is 13.1. The second kappa shape index (κ2) is 8.34. The Bertz CT molecular complexity index is 1120. The molecule has 9 nitrogen and oxygen atoms in total. The summed E-state index contributed by atoms with van der Waals surface area (Å²) < 4.78 is 25.5. The van der Waals surface area contributed by atoms with Crippen molar-refractivity contribution in [3.63, 3.8) is 0 Å². The summed E-state index contributed by atoms with van der Waals surface area (Å²) in [7, 11) is -1.25. The van der Waals surface area contributed by atoms with Crippen LogP contribution in [-0.4, -0.2) is 65.0 Å². The minimum Gasteiger partial charge on any atom is -0.341 e. The number of carbonyl (C=O) groups excluding carboxylic acids is 2. The maximum absolute atomic E-state index is 12.8. The van der Waals surface area contributed by atoms with Gasteiger partial charge in [-0.25, -0.2) is 13.4 Å². The highest BCUT2D eigenvalue weighted by molar-refractivity contribution is 7.91. The number of hydrogen-bond donors (Lipinski definition) is 0. The van der Waals surface area contributed by atoms with E-state index < -0.39 is 9.84 Å². The molecule has 0 saturated carbocycles. The molecule has 2 fully saturated rings. The maximum Gasteiger partial charge on any atom is 0.228 e. The predicted molar refractivity (Wildman–Crippen MR) is 118 cm³/mol. The number of amides is 2. The molecule has 0 unspecified atom stereocenters. The van der Waals surface area contributed by atoms with Crippen LogP contribution in [0.4, 0.5) is 5.13 Å². The fraction of sp³-hybridized carbons (Fsp3) is 0.600. The monoisotopic (exact) mass is 465 g/mol. The molecule has 0 aliphatic carbocycles. The highest BCUT2D eigenvalue weighted by Gasteiger charge is 2.32. The van der Waals surface area contributed by atoms with Gasteiger partial charge in [-0.15, -0.1) is 11.3 Å². The first-order valence-electron chi connectivity index (χ1n) is 10.4. The fourth-order valence-corrected chi connectivity index (χ4v) is 6.78. The molecule has 168 valence electrons. The Hall–Kier alpha value is -2.27. The number of anilines is 1. The standard InChI is InChI=1S/C20H27N5O4S2/c1-13-17(14(2)25(22-13)16-6-8-31(28,29)12-16)10-23(3)19(27)9-15-11-30-20(21-15)24-7-4-5-18(24)26/h11,16H,4-10,12H2,1-3H3/t16-/m1/s1. The van der Waals surface area contributed by atoms with Gasteiger partial charge in [0.25, 0.3) is 0 Å². The molecule has 1 atom stereocenters. The summed E-state index contributed by atoms with van der Waals surface area (Å²) in [6, 6.07) is -0.139. The number of aromatic nitrogens is 3. The lowest BCUT2D eigenvalue weighted by molar-refractivity contribution is -0.129. The van der Waals surface area contributed by atoms with Crippen molar-refractivity contribution in [3.8, 4) is 0 Å². The summed E-state index contributed by atoms with van der Waals surface area (Å²) in [5.41, 5.74) is 3.33. The molecule has 2 saturated heterocycles. The molecule has 2 aromatic heterocycles. The number of rotatable bonds is 6. The molecule has 2 aromatic rings. The van der Waals surface area contributed by atoms with Gasteiger partial charge in [0.15, 0.2) is 15.0 Å². The van der Waals surface area contributed by atoms with Gasteiger partial charge >= 0.3 is 0 Å². The van der Waals surface area contributed by atoms with Crippen LogP contribution in [-0.2, 0) is 32.4 Å². The van der Waals surface area contributed by atoms with E-state index in [-0.39, 0.29) is 35.8 Å².